The Labute approximate surface area is 122 Å². The van der Waals surface area contributed by atoms with Crippen molar-refractivity contribution in [3.8, 4) is 0 Å². The number of hydrogen-bond donors (Lipinski definition) is 2. The normalized spacial score (nSPS) is 24.7. The smallest absolute Gasteiger partial charge is 0.340 e. The van der Waals surface area contributed by atoms with Crippen molar-refractivity contribution in [3.63, 3.8) is 0 Å². The van der Waals surface area contributed by atoms with Crippen molar-refractivity contribution in [3.05, 3.63) is 11.8 Å². The molecule has 2 aliphatic heterocycles. The Balaban J connectivity index is 1.85. The van der Waals surface area contributed by atoms with Crippen molar-refractivity contribution in [2.75, 3.05) is 26.2 Å². The fraction of sp³-hybridized carbons (Fsp3) is 0.667. The molecule has 116 valence electrons. The minimum atomic E-state index is -3.84. The van der Waals surface area contributed by atoms with Crippen LogP contribution >= 0.6 is 0 Å². The molecule has 0 aliphatic carbocycles. The fourth-order valence-corrected chi connectivity index (χ4v) is 4.63. The maximum atomic E-state index is 12.6. The molecule has 9 heteroatoms. The molecule has 2 N–H and O–H groups in total. The third-order valence-electron chi connectivity index (χ3n) is 4.23. The van der Waals surface area contributed by atoms with Gasteiger partial charge in [0.25, 0.3) is 10.0 Å². The molecule has 21 heavy (non-hydrogen) atoms. The molecule has 2 saturated heterocycles. The summed E-state index contributed by atoms with van der Waals surface area (Å²) in [6.07, 6.45) is 4.29. The van der Waals surface area contributed by atoms with Gasteiger partial charge in [-0.15, -0.1) is 0 Å². The highest BCUT2D eigenvalue weighted by Gasteiger charge is 2.37. The zero-order valence-electron chi connectivity index (χ0n) is 11.5. The van der Waals surface area contributed by atoms with E-state index in [9.17, 15) is 13.2 Å². The number of fused-ring (bicyclic) bond motifs is 1. The third kappa shape index (κ3) is 2.56. The summed E-state index contributed by atoms with van der Waals surface area (Å²) < 4.78 is 26.6. The van der Waals surface area contributed by atoms with Crippen LogP contribution in [0.3, 0.4) is 0 Å². The number of piperazine rings is 1. The molecule has 0 saturated carbocycles. The van der Waals surface area contributed by atoms with Gasteiger partial charge in [0.05, 0.1) is 6.20 Å². The monoisotopic (exact) mass is 314 g/mol. The first kappa shape index (κ1) is 14.5. The van der Waals surface area contributed by atoms with Crippen LogP contribution in [0.5, 0.6) is 0 Å². The Bertz CT molecular complexity index is 641. The first-order valence-corrected chi connectivity index (χ1v) is 8.45. The van der Waals surface area contributed by atoms with Gasteiger partial charge in [-0.3, -0.25) is 10.00 Å². The van der Waals surface area contributed by atoms with Crippen LogP contribution in [0.1, 0.15) is 29.6 Å². The zero-order valence-corrected chi connectivity index (χ0v) is 12.3. The van der Waals surface area contributed by atoms with Crippen LogP contribution in [0, 0.1) is 0 Å². The highest BCUT2D eigenvalue weighted by molar-refractivity contribution is 7.89. The molecule has 1 atom stereocenters. The summed E-state index contributed by atoms with van der Waals surface area (Å²) in [7, 11) is -3.84. The predicted molar refractivity (Wildman–Crippen MR) is 73.5 cm³/mol. The number of rotatable bonds is 3. The van der Waals surface area contributed by atoms with Crippen molar-refractivity contribution in [1.29, 1.82) is 0 Å². The molecule has 1 unspecified atom stereocenters. The zero-order chi connectivity index (χ0) is 15.0. The molecule has 3 rings (SSSR count). The van der Waals surface area contributed by atoms with E-state index in [1.165, 1.54) is 4.31 Å². The van der Waals surface area contributed by atoms with E-state index in [2.05, 4.69) is 15.1 Å². The second-order valence-electron chi connectivity index (χ2n) is 5.47. The maximum Gasteiger partial charge on any atom is 0.340 e. The number of sulfonamides is 1. The summed E-state index contributed by atoms with van der Waals surface area (Å²) in [6.45, 7) is 2.51. The van der Waals surface area contributed by atoms with Crippen LogP contribution in [-0.4, -0.2) is 71.1 Å². The lowest BCUT2D eigenvalue weighted by molar-refractivity contribution is 0.0691. The predicted octanol–water partition coefficient (Wildman–Crippen LogP) is -0.0333. The van der Waals surface area contributed by atoms with Crippen LogP contribution in [-0.2, 0) is 10.0 Å². The minimum Gasteiger partial charge on any atom is -0.478 e. The average molecular weight is 314 g/mol. The summed E-state index contributed by atoms with van der Waals surface area (Å²) in [6, 6.07) is 0.235. The highest BCUT2D eigenvalue weighted by Crippen LogP contribution is 2.25. The SMILES string of the molecule is O=C(O)c1cn[nH]c1S(=O)(=O)N1CCN2CCCCC2C1. The van der Waals surface area contributed by atoms with E-state index in [4.69, 9.17) is 5.11 Å². The Morgan fingerprint density at radius 1 is 1.33 bits per heavy atom. The number of nitrogens with one attached hydrogen (secondary N) is 1. The number of aromatic nitrogens is 2. The van der Waals surface area contributed by atoms with Crippen LogP contribution in [0.25, 0.3) is 0 Å². The van der Waals surface area contributed by atoms with Crippen molar-refractivity contribution >= 4 is 16.0 Å². The van der Waals surface area contributed by atoms with Gasteiger partial charge in [0.15, 0.2) is 5.03 Å². The van der Waals surface area contributed by atoms with E-state index in [1.807, 2.05) is 0 Å². The molecule has 1 aromatic rings. The van der Waals surface area contributed by atoms with Gasteiger partial charge in [0, 0.05) is 25.7 Å². The van der Waals surface area contributed by atoms with Gasteiger partial charge >= 0.3 is 5.97 Å². The van der Waals surface area contributed by atoms with E-state index >= 15 is 0 Å². The summed E-state index contributed by atoms with van der Waals surface area (Å²) in [4.78, 5) is 13.4. The highest BCUT2D eigenvalue weighted by atomic mass is 32.2. The minimum absolute atomic E-state index is 0.235. The molecule has 0 amide bonds. The van der Waals surface area contributed by atoms with Crippen molar-refractivity contribution in [2.45, 2.75) is 30.3 Å². The number of carbonyl (C=O) groups is 1. The quantitative estimate of drug-likeness (QED) is 0.811. The second kappa shape index (κ2) is 5.39. The van der Waals surface area contributed by atoms with Gasteiger partial charge < -0.3 is 5.11 Å². The molecule has 0 aromatic carbocycles. The molecular formula is C12H18N4O4S. The Morgan fingerprint density at radius 2 is 2.14 bits per heavy atom. The summed E-state index contributed by atoms with van der Waals surface area (Å²) in [5.74, 6) is -1.29. The number of aromatic carboxylic acids is 1. The lowest BCUT2D eigenvalue weighted by atomic mass is 10.0. The van der Waals surface area contributed by atoms with Gasteiger partial charge in [-0.1, -0.05) is 6.42 Å². The van der Waals surface area contributed by atoms with Gasteiger partial charge in [0.1, 0.15) is 5.56 Å². The number of H-pyrrole nitrogens is 1. The summed E-state index contributed by atoms with van der Waals surface area (Å²) >= 11 is 0. The summed E-state index contributed by atoms with van der Waals surface area (Å²) in [5.41, 5.74) is -0.305. The number of carboxylic acids is 1. The Kier molecular flexibility index (Phi) is 3.72. The van der Waals surface area contributed by atoms with Crippen LogP contribution in [0.15, 0.2) is 11.2 Å². The fourth-order valence-electron chi connectivity index (χ4n) is 3.10. The molecule has 0 radical (unpaired) electrons. The average Bonchev–Trinajstić information content (AvgIpc) is 2.97. The molecule has 0 spiro atoms. The van der Waals surface area contributed by atoms with E-state index < -0.39 is 16.0 Å². The molecule has 2 aliphatic rings. The second-order valence-corrected chi connectivity index (χ2v) is 7.34. The standard InChI is InChI=1S/C12H18N4O4S/c17-12(18)10-7-13-14-11(10)21(19,20)16-6-5-15-4-2-1-3-9(15)8-16/h7,9H,1-6,8H2,(H,13,14)(H,17,18). The molecule has 8 nitrogen and oxygen atoms in total. The molecule has 3 heterocycles. The van der Waals surface area contributed by atoms with Crippen LogP contribution in [0.2, 0.25) is 0 Å². The number of carboxylic acid groups (broad SMARTS) is 1. The van der Waals surface area contributed by atoms with E-state index in [0.29, 0.717) is 19.6 Å². The van der Waals surface area contributed by atoms with Crippen LogP contribution in [0.4, 0.5) is 0 Å². The molecule has 1 aromatic heterocycles. The Morgan fingerprint density at radius 3 is 2.90 bits per heavy atom. The van der Waals surface area contributed by atoms with Crippen LogP contribution < -0.4 is 0 Å². The van der Waals surface area contributed by atoms with Gasteiger partial charge in [-0.05, 0) is 19.4 Å². The van der Waals surface area contributed by atoms with E-state index in [1.54, 1.807) is 0 Å². The maximum absolute atomic E-state index is 12.6. The van der Waals surface area contributed by atoms with Crippen molar-refractivity contribution in [1.82, 2.24) is 19.4 Å². The summed E-state index contributed by atoms with van der Waals surface area (Å²) in [5, 5.41) is 14.6. The van der Waals surface area contributed by atoms with Crippen molar-refractivity contribution in [2.24, 2.45) is 0 Å². The lowest BCUT2D eigenvalue weighted by Crippen LogP contribution is -2.56. The number of hydrogen-bond acceptors (Lipinski definition) is 5. The largest absolute Gasteiger partial charge is 0.478 e. The first-order chi connectivity index (χ1) is 10.00. The van der Waals surface area contributed by atoms with Crippen molar-refractivity contribution < 1.29 is 18.3 Å². The third-order valence-corrected chi connectivity index (χ3v) is 6.07. The number of piperidine rings is 1. The number of nitrogens with zero attached hydrogens (tertiary/aromatic N) is 3. The molecule has 2 fully saturated rings. The van der Waals surface area contributed by atoms with E-state index in [0.717, 1.165) is 32.0 Å². The van der Waals surface area contributed by atoms with Gasteiger partial charge in [-0.25, -0.2) is 13.2 Å². The first-order valence-electron chi connectivity index (χ1n) is 7.01. The lowest BCUT2D eigenvalue weighted by Gasteiger charge is -2.43. The molecular weight excluding hydrogens is 296 g/mol. The van der Waals surface area contributed by atoms with Gasteiger partial charge in [0.2, 0.25) is 0 Å². The Hall–Kier alpha value is -1.45. The number of aromatic amines is 1. The van der Waals surface area contributed by atoms with E-state index in [-0.39, 0.29) is 16.6 Å². The van der Waals surface area contributed by atoms with Gasteiger partial charge in [-0.2, -0.15) is 9.40 Å². The molecule has 0 bridgehead atoms. The topological polar surface area (TPSA) is 107 Å².